The first-order valence-corrected chi connectivity index (χ1v) is 11.9. The summed E-state index contributed by atoms with van der Waals surface area (Å²) in [5.74, 6) is 2.42. The van der Waals surface area contributed by atoms with Gasteiger partial charge in [0.2, 0.25) is 0 Å². The summed E-state index contributed by atoms with van der Waals surface area (Å²) >= 11 is 0. The van der Waals surface area contributed by atoms with Gasteiger partial charge in [-0.25, -0.2) is 0 Å². The topological polar surface area (TPSA) is 35.5 Å². The van der Waals surface area contributed by atoms with Crippen molar-refractivity contribution in [1.29, 1.82) is 0 Å². The SMILES string of the molecule is CCC1CCCc2c1ccc1c2ccc2ccccc21.c1coc(COCc2ccco2)c1. The van der Waals surface area contributed by atoms with Gasteiger partial charge in [-0.2, -0.15) is 0 Å². The molecule has 3 heteroatoms. The summed E-state index contributed by atoms with van der Waals surface area (Å²) in [5, 5.41) is 5.66. The molecule has 168 valence electrons. The van der Waals surface area contributed by atoms with E-state index < -0.39 is 0 Å². The molecule has 0 fully saturated rings. The van der Waals surface area contributed by atoms with Gasteiger partial charge in [0, 0.05) is 0 Å². The molecule has 3 nitrogen and oxygen atoms in total. The lowest BCUT2D eigenvalue weighted by Crippen LogP contribution is -2.09. The van der Waals surface area contributed by atoms with Crippen LogP contribution in [0.5, 0.6) is 0 Å². The van der Waals surface area contributed by atoms with E-state index in [9.17, 15) is 0 Å². The van der Waals surface area contributed by atoms with Crippen LogP contribution in [-0.2, 0) is 24.4 Å². The molecule has 1 aliphatic rings. The van der Waals surface area contributed by atoms with Crippen LogP contribution in [0.25, 0.3) is 21.5 Å². The van der Waals surface area contributed by atoms with Crippen LogP contribution < -0.4 is 0 Å². The lowest BCUT2D eigenvalue weighted by atomic mass is 9.79. The monoisotopic (exact) mass is 438 g/mol. The van der Waals surface area contributed by atoms with Gasteiger partial charge in [-0.1, -0.05) is 55.5 Å². The fourth-order valence-corrected chi connectivity index (χ4v) is 4.98. The molecule has 1 atom stereocenters. The zero-order valence-electron chi connectivity index (χ0n) is 19.1. The highest BCUT2D eigenvalue weighted by molar-refractivity contribution is 6.08. The Morgan fingerprint density at radius 2 is 1.48 bits per heavy atom. The van der Waals surface area contributed by atoms with Gasteiger partial charge in [0.15, 0.2) is 0 Å². The van der Waals surface area contributed by atoms with Gasteiger partial charge in [0.25, 0.3) is 0 Å². The van der Waals surface area contributed by atoms with Crippen molar-refractivity contribution >= 4 is 21.5 Å². The minimum Gasteiger partial charge on any atom is -0.467 e. The molecule has 0 saturated heterocycles. The second-order valence-corrected chi connectivity index (χ2v) is 8.66. The van der Waals surface area contributed by atoms with E-state index in [1.165, 1.54) is 47.2 Å². The van der Waals surface area contributed by atoms with E-state index in [0.29, 0.717) is 13.2 Å². The van der Waals surface area contributed by atoms with Crippen LogP contribution >= 0.6 is 0 Å². The molecule has 1 aliphatic carbocycles. The molecule has 5 aromatic rings. The number of benzene rings is 3. The predicted octanol–water partition coefficient (Wildman–Crippen LogP) is 8.41. The summed E-state index contributed by atoms with van der Waals surface area (Å²) in [6.45, 7) is 3.28. The van der Waals surface area contributed by atoms with E-state index in [1.54, 1.807) is 23.7 Å². The van der Waals surface area contributed by atoms with Crippen LogP contribution in [0.1, 0.15) is 54.8 Å². The molecule has 3 aromatic carbocycles. The average Bonchev–Trinajstić information content (AvgIpc) is 3.58. The van der Waals surface area contributed by atoms with E-state index in [4.69, 9.17) is 13.6 Å². The number of fused-ring (bicyclic) bond motifs is 5. The Labute approximate surface area is 195 Å². The molecule has 1 unspecified atom stereocenters. The summed E-state index contributed by atoms with van der Waals surface area (Å²) < 4.78 is 15.5. The maximum Gasteiger partial charge on any atom is 0.129 e. The maximum absolute atomic E-state index is 5.33. The predicted molar refractivity (Wildman–Crippen MR) is 133 cm³/mol. The highest BCUT2D eigenvalue weighted by atomic mass is 16.5. The van der Waals surface area contributed by atoms with Crippen molar-refractivity contribution in [2.45, 2.75) is 51.7 Å². The van der Waals surface area contributed by atoms with Crippen LogP contribution in [0.15, 0.2) is 94.2 Å². The molecule has 2 heterocycles. The van der Waals surface area contributed by atoms with E-state index in [0.717, 1.165) is 17.4 Å². The molecule has 0 N–H and O–H groups in total. The Balaban J connectivity index is 0.000000152. The number of furan rings is 2. The normalized spacial score (nSPS) is 15.2. The summed E-state index contributed by atoms with van der Waals surface area (Å²) in [4.78, 5) is 0. The lowest BCUT2D eigenvalue weighted by Gasteiger charge is -2.26. The number of hydrogen-bond donors (Lipinski definition) is 0. The average molecular weight is 439 g/mol. The molecular weight excluding hydrogens is 408 g/mol. The van der Waals surface area contributed by atoms with Gasteiger partial charge in [-0.05, 0) is 88.5 Å². The van der Waals surface area contributed by atoms with Gasteiger partial charge < -0.3 is 13.6 Å². The molecule has 0 saturated carbocycles. The van der Waals surface area contributed by atoms with Crippen molar-refractivity contribution in [2.24, 2.45) is 0 Å². The van der Waals surface area contributed by atoms with E-state index in [-0.39, 0.29) is 0 Å². The van der Waals surface area contributed by atoms with Crippen LogP contribution in [0.4, 0.5) is 0 Å². The fourth-order valence-electron chi connectivity index (χ4n) is 4.98. The number of ether oxygens (including phenoxy) is 1. The third-order valence-corrected chi connectivity index (χ3v) is 6.63. The van der Waals surface area contributed by atoms with E-state index >= 15 is 0 Å². The third kappa shape index (κ3) is 4.74. The summed E-state index contributed by atoms with van der Waals surface area (Å²) in [7, 11) is 0. The molecular formula is C30H30O3. The summed E-state index contributed by atoms with van der Waals surface area (Å²) in [5.41, 5.74) is 3.23. The van der Waals surface area contributed by atoms with Crippen molar-refractivity contribution < 1.29 is 13.6 Å². The Morgan fingerprint density at radius 3 is 2.18 bits per heavy atom. The quantitative estimate of drug-likeness (QED) is 0.258. The molecule has 0 radical (unpaired) electrons. The molecule has 0 spiro atoms. The number of hydrogen-bond acceptors (Lipinski definition) is 3. The van der Waals surface area contributed by atoms with Crippen LogP contribution in [0, 0.1) is 0 Å². The van der Waals surface area contributed by atoms with Crippen molar-refractivity contribution in [2.75, 3.05) is 0 Å². The fraction of sp³-hybridized carbons (Fsp3) is 0.267. The largest absolute Gasteiger partial charge is 0.467 e. The maximum atomic E-state index is 5.33. The number of rotatable bonds is 5. The van der Waals surface area contributed by atoms with E-state index in [1.807, 2.05) is 24.3 Å². The Kier molecular flexibility index (Phi) is 6.59. The van der Waals surface area contributed by atoms with E-state index in [2.05, 4.69) is 55.5 Å². The van der Waals surface area contributed by atoms with Gasteiger partial charge in [0.1, 0.15) is 24.7 Å². The first kappa shape index (κ1) is 21.5. The Bertz CT molecular complexity index is 1270. The van der Waals surface area contributed by atoms with Crippen molar-refractivity contribution in [3.05, 3.63) is 108 Å². The van der Waals surface area contributed by atoms with Crippen molar-refractivity contribution in [3.8, 4) is 0 Å². The highest BCUT2D eigenvalue weighted by Crippen LogP contribution is 2.39. The first-order valence-electron chi connectivity index (χ1n) is 11.9. The minimum absolute atomic E-state index is 0.480. The van der Waals surface area contributed by atoms with Gasteiger partial charge in [-0.15, -0.1) is 0 Å². The summed E-state index contributed by atoms with van der Waals surface area (Å²) in [6, 6.07) is 25.6. The smallest absolute Gasteiger partial charge is 0.129 e. The Hall–Kier alpha value is -3.30. The second kappa shape index (κ2) is 10.1. The summed E-state index contributed by atoms with van der Waals surface area (Å²) in [6.07, 6.45) is 8.49. The highest BCUT2D eigenvalue weighted by Gasteiger charge is 2.20. The van der Waals surface area contributed by atoms with Crippen LogP contribution in [0.3, 0.4) is 0 Å². The van der Waals surface area contributed by atoms with Crippen molar-refractivity contribution in [3.63, 3.8) is 0 Å². The zero-order valence-corrected chi connectivity index (χ0v) is 19.1. The first-order chi connectivity index (χ1) is 16.3. The van der Waals surface area contributed by atoms with Crippen molar-refractivity contribution in [1.82, 2.24) is 0 Å². The Morgan fingerprint density at radius 1 is 0.758 bits per heavy atom. The zero-order chi connectivity index (χ0) is 22.5. The van der Waals surface area contributed by atoms with Crippen LogP contribution in [0.2, 0.25) is 0 Å². The molecule has 6 rings (SSSR count). The van der Waals surface area contributed by atoms with Gasteiger partial charge in [0.05, 0.1) is 12.5 Å². The molecule has 0 amide bonds. The molecule has 0 aliphatic heterocycles. The minimum atomic E-state index is 0.480. The molecule has 0 bridgehead atoms. The standard InChI is InChI=1S/C20H20.C10H10O3/c1-2-14-7-5-9-18-17(14)12-13-19-16-8-4-3-6-15(16)10-11-20(18)19;1-3-9(12-5-1)7-11-8-10-4-2-6-13-10/h3-4,6,8,10-14H,2,5,7,9H2,1H3;1-6H,7-8H2. The number of aryl methyl sites for hydroxylation is 1. The van der Waals surface area contributed by atoms with Crippen LogP contribution in [-0.4, -0.2) is 0 Å². The molecule has 33 heavy (non-hydrogen) atoms. The van der Waals surface area contributed by atoms with Gasteiger partial charge >= 0.3 is 0 Å². The van der Waals surface area contributed by atoms with Gasteiger partial charge in [-0.3, -0.25) is 0 Å². The molecule has 2 aromatic heterocycles. The second-order valence-electron chi connectivity index (χ2n) is 8.66. The lowest BCUT2D eigenvalue weighted by molar-refractivity contribution is 0.0803. The third-order valence-electron chi connectivity index (χ3n) is 6.63.